The second-order valence-electron chi connectivity index (χ2n) is 6.13. The first-order valence-electron chi connectivity index (χ1n) is 7.92. The SMILES string of the molecule is Cc1ccccc1NC(=O)C1(C(=O)NCc2ccccc2F)CC1. The number of carbonyl (C=O) groups excluding carboxylic acids is 2. The van der Waals surface area contributed by atoms with Gasteiger partial charge in [0.05, 0.1) is 0 Å². The first-order chi connectivity index (χ1) is 11.5. The maximum atomic E-state index is 13.6. The van der Waals surface area contributed by atoms with E-state index in [0.29, 0.717) is 24.1 Å². The molecule has 0 heterocycles. The zero-order valence-corrected chi connectivity index (χ0v) is 13.4. The Kier molecular flexibility index (Phi) is 4.34. The van der Waals surface area contributed by atoms with Gasteiger partial charge < -0.3 is 10.6 Å². The van der Waals surface area contributed by atoms with Crippen LogP contribution in [0.2, 0.25) is 0 Å². The van der Waals surface area contributed by atoms with Gasteiger partial charge in [0.2, 0.25) is 11.8 Å². The molecule has 2 aromatic rings. The van der Waals surface area contributed by atoms with E-state index in [4.69, 9.17) is 0 Å². The number of aryl methyl sites for hydroxylation is 1. The molecule has 124 valence electrons. The second-order valence-corrected chi connectivity index (χ2v) is 6.13. The van der Waals surface area contributed by atoms with E-state index in [1.165, 1.54) is 6.07 Å². The molecule has 4 nitrogen and oxygen atoms in total. The topological polar surface area (TPSA) is 58.2 Å². The Morgan fingerprint density at radius 3 is 2.38 bits per heavy atom. The number of hydrogen-bond donors (Lipinski definition) is 2. The molecule has 2 aromatic carbocycles. The fraction of sp³-hybridized carbons (Fsp3) is 0.263. The summed E-state index contributed by atoms with van der Waals surface area (Å²) in [7, 11) is 0. The molecule has 0 aliphatic heterocycles. The molecular weight excluding hydrogens is 307 g/mol. The van der Waals surface area contributed by atoms with Gasteiger partial charge in [0, 0.05) is 17.8 Å². The largest absolute Gasteiger partial charge is 0.351 e. The van der Waals surface area contributed by atoms with Gasteiger partial charge in [0.25, 0.3) is 0 Å². The number of amides is 2. The summed E-state index contributed by atoms with van der Waals surface area (Å²) in [5, 5.41) is 5.51. The average Bonchev–Trinajstić information content (AvgIpc) is 3.38. The summed E-state index contributed by atoms with van der Waals surface area (Å²) in [6.45, 7) is 1.97. The summed E-state index contributed by atoms with van der Waals surface area (Å²) in [4.78, 5) is 25.0. The van der Waals surface area contributed by atoms with Crippen molar-refractivity contribution in [2.45, 2.75) is 26.3 Å². The van der Waals surface area contributed by atoms with Gasteiger partial charge in [-0.2, -0.15) is 0 Å². The van der Waals surface area contributed by atoms with Crippen molar-refractivity contribution in [1.82, 2.24) is 5.32 Å². The van der Waals surface area contributed by atoms with Crippen molar-refractivity contribution in [3.63, 3.8) is 0 Å². The Morgan fingerprint density at radius 2 is 1.71 bits per heavy atom. The Morgan fingerprint density at radius 1 is 1.04 bits per heavy atom. The van der Waals surface area contributed by atoms with Gasteiger partial charge >= 0.3 is 0 Å². The van der Waals surface area contributed by atoms with Crippen LogP contribution in [0.25, 0.3) is 0 Å². The molecule has 2 amide bonds. The second kappa shape index (κ2) is 6.43. The molecule has 0 aromatic heterocycles. The Labute approximate surface area is 140 Å². The van der Waals surface area contributed by atoms with Crippen LogP contribution in [-0.2, 0) is 16.1 Å². The molecule has 1 aliphatic rings. The zero-order valence-electron chi connectivity index (χ0n) is 13.4. The van der Waals surface area contributed by atoms with Crippen molar-refractivity contribution < 1.29 is 14.0 Å². The number of halogens is 1. The van der Waals surface area contributed by atoms with E-state index in [2.05, 4.69) is 10.6 Å². The van der Waals surface area contributed by atoms with Gasteiger partial charge in [-0.15, -0.1) is 0 Å². The first-order valence-corrected chi connectivity index (χ1v) is 7.92. The molecule has 1 fully saturated rings. The Balaban J connectivity index is 1.65. The molecule has 0 bridgehead atoms. The third kappa shape index (κ3) is 3.15. The highest BCUT2D eigenvalue weighted by molar-refractivity contribution is 6.13. The maximum absolute atomic E-state index is 13.6. The van der Waals surface area contributed by atoms with Crippen molar-refractivity contribution in [2.75, 3.05) is 5.32 Å². The van der Waals surface area contributed by atoms with E-state index in [0.717, 1.165) is 5.56 Å². The number of hydrogen-bond acceptors (Lipinski definition) is 2. The number of benzene rings is 2. The third-order valence-electron chi connectivity index (χ3n) is 4.41. The molecule has 0 unspecified atom stereocenters. The molecule has 0 atom stereocenters. The van der Waals surface area contributed by atoms with Crippen LogP contribution in [0.15, 0.2) is 48.5 Å². The molecule has 1 saturated carbocycles. The number of carbonyl (C=O) groups is 2. The minimum Gasteiger partial charge on any atom is -0.351 e. The highest BCUT2D eigenvalue weighted by atomic mass is 19.1. The van der Waals surface area contributed by atoms with Crippen LogP contribution < -0.4 is 10.6 Å². The van der Waals surface area contributed by atoms with Gasteiger partial charge in [0.1, 0.15) is 11.2 Å². The van der Waals surface area contributed by atoms with E-state index < -0.39 is 5.41 Å². The Bertz CT molecular complexity index is 784. The third-order valence-corrected chi connectivity index (χ3v) is 4.41. The van der Waals surface area contributed by atoms with E-state index in [1.54, 1.807) is 24.3 Å². The van der Waals surface area contributed by atoms with Crippen LogP contribution in [0.4, 0.5) is 10.1 Å². The lowest BCUT2D eigenvalue weighted by Crippen LogP contribution is -2.39. The quantitative estimate of drug-likeness (QED) is 0.829. The van der Waals surface area contributed by atoms with Crippen molar-refractivity contribution >= 4 is 17.5 Å². The number of rotatable bonds is 5. The van der Waals surface area contributed by atoms with Gasteiger partial charge in [-0.25, -0.2) is 4.39 Å². The van der Waals surface area contributed by atoms with Crippen LogP contribution in [0, 0.1) is 18.2 Å². The monoisotopic (exact) mass is 326 g/mol. The van der Waals surface area contributed by atoms with Crippen molar-refractivity contribution in [3.05, 3.63) is 65.5 Å². The van der Waals surface area contributed by atoms with Crippen LogP contribution in [0.5, 0.6) is 0 Å². The lowest BCUT2D eigenvalue weighted by atomic mass is 10.0. The lowest BCUT2D eigenvalue weighted by Gasteiger charge is -2.16. The van der Waals surface area contributed by atoms with Crippen molar-refractivity contribution in [3.8, 4) is 0 Å². The van der Waals surface area contributed by atoms with Crippen LogP contribution in [-0.4, -0.2) is 11.8 Å². The number of nitrogens with one attached hydrogen (secondary N) is 2. The first kappa shape index (κ1) is 16.2. The summed E-state index contributed by atoms with van der Waals surface area (Å²) in [5.74, 6) is -1.02. The maximum Gasteiger partial charge on any atom is 0.240 e. The summed E-state index contributed by atoms with van der Waals surface area (Å²) in [6, 6.07) is 13.7. The van der Waals surface area contributed by atoms with Gasteiger partial charge in [-0.05, 0) is 37.5 Å². The average molecular weight is 326 g/mol. The normalized spacial score (nSPS) is 14.8. The zero-order chi connectivity index (χ0) is 17.2. The molecule has 1 aliphatic carbocycles. The van der Waals surface area contributed by atoms with Gasteiger partial charge in [-0.1, -0.05) is 36.4 Å². The molecular formula is C19H19FN2O2. The van der Waals surface area contributed by atoms with Crippen LogP contribution in [0.3, 0.4) is 0 Å². The predicted octanol–water partition coefficient (Wildman–Crippen LogP) is 3.17. The number of anilines is 1. The van der Waals surface area contributed by atoms with Crippen LogP contribution >= 0.6 is 0 Å². The van der Waals surface area contributed by atoms with E-state index in [9.17, 15) is 14.0 Å². The fourth-order valence-electron chi connectivity index (χ4n) is 2.62. The van der Waals surface area contributed by atoms with Crippen molar-refractivity contribution in [2.24, 2.45) is 5.41 Å². The van der Waals surface area contributed by atoms with E-state index in [1.807, 2.05) is 25.1 Å². The summed E-state index contributed by atoms with van der Waals surface area (Å²) in [5.41, 5.74) is 1.01. The Hall–Kier alpha value is -2.69. The highest BCUT2D eigenvalue weighted by Gasteiger charge is 2.56. The summed E-state index contributed by atoms with van der Waals surface area (Å²) in [6.07, 6.45) is 1.02. The molecule has 0 saturated heterocycles. The van der Waals surface area contributed by atoms with E-state index >= 15 is 0 Å². The highest BCUT2D eigenvalue weighted by Crippen LogP contribution is 2.47. The molecule has 0 radical (unpaired) electrons. The van der Waals surface area contributed by atoms with Gasteiger partial charge in [-0.3, -0.25) is 9.59 Å². The molecule has 24 heavy (non-hydrogen) atoms. The van der Waals surface area contributed by atoms with Crippen molar-refractivity contribution in [1.29, 1.82) is 0 Å². The molecule has 2 N–H and O–H groups in total. The predicted molar refractivity (Wildman–Crippen MR) is 89.7 cm³/mol. The summed E-state index contributed by atoms with van der Waals surface area (Å²) >= 11 is 0. The van der Waals surface area contributed by atoms with Gasteiger partial charge in [0.15, 0.2) is 0 Å². The summed E-state index contributed by atoms with van der Waals surface area (Å²) < 4.78 is 13.6. The smallest absolute Gasteiger partial charge is 0.240 e. The molecule has 5 heteroatoms. The lowest BCUT2D eigenvalue weighted by molar-refractivity contribution is -0.134. The fourth-order valence-corrected chi connectivity index (χ4v) is 2.62. The van der Waals surface area contributed by atoms with Crippen LogP contribution in [0.1, 0.15) is 24.0 Å². The molecule has 0 spiro atoms. The molecule has 3 rings (SSSR count). The van der Waals surface area contributed by atoms with E-state index in [-0.39, 0.29) is 24.2 Å². The minimum absolute atomic E-state index is 0.0743. The minimum atomic E-state index is -1.03. The standard InChI is InChI=1S/C19H19FN2O2/c1-13-6-2-5-9-16(13)22-18(24)19(10-11-19)17(23)21-12-14-7-3-4-8-15(14)20/h2-9H,10-12H2,1H3,(H,21,23)(H,22,24). The number of para-hydroxylation sites is 1.